The largest absolute Gasteiger partial charge is 0.459 e. The summed E-state index contributed by atoms with van der Waals surface area (Å²) < 4.78 is 44.5. The van der Waals surface area contributed by atoms with Gasteiger partial charge in [0.15, 0.2) is 6.10 Å². The summed E-state index contributed by atoms with van der Waals surface area (Å²) in [5.74, 6) is -4.04. The van der Waals surface area contributed by atoms with Crippen molar-refractivity contribution in [2.45, 2.75) is 97.7 Å². The lowest BCUT2D eigenvalue weighted by atomic mass is 9.93. The molecule has 3 rings (SSSR count). The van der Waals surface area contributed by atoms with Gasteiger partial charge in [-0.3, -0.25) is 19.2 Å². The Hall–Kier alpha value is -4.99. The standard InChI is InChI=1S/C43H64N4O16/c1-28(2)25-33(61-41(53)43(4,5)27-44)40(52)60-32(7-6-8-34(45)48)29(3)38-39(62-38)31-11-9-30(10-12-31)26-59-42(54)46-16-18-56-20-22-58-24-23-57-21-19-55-17-15-37(51)63-47-35(49)13-14-36(47)50/h6,8-12,28-29,32-33,38-39H,7,13-27,44H2,1-5H3,(H2,45,48)(H,46,54)/b8-6+/t29-,32-,33-,38-,39-/m0/s1. The summed E-state index contributed by atoms with van der Waals surface area (Å²) >= 11 is 0. The van der Waals surface area contributed by atoms with Crippen molar-refractivity contribution >= 4 is 41.7 Å². The fourth-order valence-corrected chi connectivity index (χ4v) is 5.86. The van der Waals surface area contributed by atoms with Crippen LogP contribution in [0, 0.1) is 17.3 Å². The first kappa shape index (κ1) is 52.4. The zero-order valence-electron chi connectivity index (χ0n) is 36.9. The molecule has 0 radical (unpaired) electrons. The van der Waals surface area contributed by atoms with Gasteiger partial charge in [0.1, 0.15) is 18.8 Å². The number of epoxide rings is 1. The van der Waals surface area contributed by atoms with Crippen LogP contribution < -0.4 is 16.8 Å². The summed E-state index contributed by atoms with van der Waals surface area (Å²) in [6.45, 7) is 11.4. The molecular weight excluding hydrogens is 828 g/mol. The lowest BCUT2D eigenvalue weighted by Crippen LogP contribution is -2.41. The van der Waals surface area contributed by atoms with Gasteiger partial charge in [0.2, 0.25) is 5.91 Å². The number of hydroxylamine groups is 2. The Kier molecular flexibility index (Phi) is 22.6. The molecule has 2 aliphatic rings. The van der Waals surface area contributed by atoms with Crippen LogP contribution in [0.15, 0.2) is 36.4 Å². The fourth-order valence-electron chi connectivity index (χ4n) is 5.86. The predicted octanol–water partition coefficient (Wildman–Crippen LogP) is 2.34. The Bertz CT molecular complexity index is 1670. The summed E-state index contributed by atoms with van der Waals surface area (Å²) in [6.07, 6.45) is 0.0467. The number of nitrogens with two attached hydrogens (primary N) is 2. The minimum Gasteiger partial charge on any atom is -0.459 e. The Balaban J connectivity index is 1.27. The van der Waals surface area contributed by atoms with E-state index in [1.807, 2.05) is 45.0 Å². The molecular formula is C43H64N4O16. The highest BCUT2D eigenvalue weighted by atomic mass is 16.7. The first-order valence-electron chi connectivity index (χ1n) is 21.1. The highest BCUT2D eigenvalue weighted by Crippen LogP contribution is 2.45. The summed E-state index contributed by atoms with van der Waals surface area (Å²) in [5.41, 5.74) is 11.7. The van der Waals surface area contributed by atoms with Gasteiger partial charge in [0, 0.05) is 38.3 Å². The van der Waals surface area contributed by atoms with Gasteiger partial charge in [-0.2, -0.15) is 0 Å². The van der Waals surface area contributed by atoms with Crippen molar-refractivity contribution in [1.29, 1.82) is 0 Å². The van der Waals surface area contributed by atoms with E-state index in [0.29, 0.717) is 31.5 Å². The van der Waals surface area contributed by atoms with E-state index in [1.54, 1.807) is 13.8 Å². The SMILES string of the molecule is CC(C)C[C@H](OC(=O)C(C)(C)CN)C(=O)O[C@@H](C/C=C/C(N)=O)[C@H](C)[C@@H]1O[C@H]1c1ccc(COC(=O)NCCOCCOCCOCCOCCC(=O)ON2C(=O)CCC2=O)cc1. The zero-order chi connectivity index (χ0) is 46.4. The molecule has 2 fully saturated rings. The van der Waals surface area contributed by atoms with Crippen LogP contribution in [0.4, 0.5) is 4.79 Å². The van der Waals surface area contributed by atoms with Crippen LogP contribution in [0.5, 0.6) is 0 Å². The number of alkyl carbamates (subject to hydrolysis) is 1. The monoisotopic (exact) mass is 892 g/mol. The number of imide groups is 1. The topological polar surface area (TPSA) is 273 Å². The Morgan fingerprint density at radius 1 is 0.873 bits per heavy atom. The average Bonchev–Trinajstić information content (AvgIpc) is 3.99. The Labute approximate surface area is 367 Å². The molecule has 2 saturated heterocycles. The van der Waals surface area contributed by atoms with Gasteiger partial charge in [0.05, 0.1) is 70.8 Å². The van der Waals surface area contributed by atoms with E-state index >= 15 is 0 Å². The van der Waals surface area contributed by atoms with Crippen molar-refractivity contribution in [3.8, 4) is 0 Å². The summed E-state index contributed by atoms with van der Waals surface area (Å²) in [5, 5.41) is 3.12. The summed E-state index contributed by atoms with van der Waals surface area (Å²) in [6, 6.07) is 7.38. The molecule has 0 aliphatic carbocycles. The molecule has 63 heavy (non-hydrogen) atoms. The number of esters is 2. The lowest BCUT2D eigenvalue weighted by Gasteiger charge is -2.28. The van der Waals surface area contributed by atoms with Crippen LogP contribution in [0.3, 0.4) is 0 Å². The molecule has 0 bridgehead atoms. The summed E-state index contributed by atoms with van der Waals surface area (Å²) in [7, 11) is 0. The Morgan fingerprint density at radius 3 is 2.03 bits per heavy atom. The second-order valence-electron chi connectivity index (χ2n) is 16.0. The van der Waals surface area contributed by atoms with Crippen molar-refractivity contribution in [1.82, 2.24) is 10.4 Å². The maximum atomic E-state index is 13.4. The van der Waals surface area contributed by atoms with E-state index in [0.717, 1.165) is 11.1 Å². The zero-order valence-corrected chi connectivity index (χ0v) is 36.9. The molecule has 0 aromatic heterocycles. The third-order valence-electron chi connectivity index (χ3n) is 9.77. The number of ether oxygens (including phenoxy) is 8. The van der Waals surface area contributed by atoms with Crippen molar-refractivity contribution in [2.75, 3.05) is 65.9 Å². The number of rotatable bonds is 31. The molecule has 0 saturated carbocycles. The third-order valence-corrected chi connectivity index (χ3v) is 9.77. The van der Waals surface area contributed by atoms with Crippen LogP contribution in [0.25, 0.3) is 0 Å². The number of primary amides is 1. The lowest BCUT2D eigenvalue weighted by molar-refractivity contribution is -0.198. The molecule has 0 spiro atoms. The number of nitrogens with zero attached hydrogens (tertiary/aromatic N) is 1. The van der Waals surface area contributed by atoms with Crippen molar-refractivity contribution in [3.63, 3.8) is 0 Å². The van der Waals surface area contributed by atoms with Gasteiger partial charge in [-0.25, -0.2) is 14.4 Å². The normalized spacial score (nSPS) is 17.7. The minimum absolute atomic E-state index is 0.0196. The maximum absolute atomic E-state index is 13.4. The van der Waals surface area contributed by atoms with Gasteiger partial charge in [-0.1, -0.05) is 51.1 Å². The van der Waals surface area contributed by atoms with Gasteiger partial charge >= 0.3 is 24.0 Å². The van der Waals surface area contributed by atoms with E-state index in [4.69, 9.17) is 54.2 Å². The predicted molar refractivity (Wildman–Crippen MR) is 221 cm³/mol. The fraction of sp³-hybridized carbons (Fsp3) is 0.651. The number of nitrogens with one attached hydrogen (secondary N) is 1. The third kappa shape index (κ3) is 19.5. The highest BCUT2D eigenvalue weighted by molar-refractivity contribution is 6.01. The molecule has 0 unspecified atom stereocenters. The first-order chi connectivity index (χ1) is 30.0. The van der Waals surface area contributed by atoms with E-state index in [2.05, 4.69) is 5.32 Å². The molecule has 1 aromatic rings. The van der Waals surface area contributed by atoms with Crippen molar-refractivity contribution < 1.29 is 76.3 Å². The quantitative estimate of drug-likeness (QED) is 0.0241. The van der Waals surface area contributed by atoms with Crippen LogP contribution in [-0.2, 0) is 78.1 Å². The molecule has 2 heterocycles. The number of amides is 4. The molecule has 352 valence electrons. The van der Waals surface area contributed by atoms with Gasteiger partial charge in [0.25, 0.3) is 11.8 Å². The molecule has 4 amide bonds. The minimum atomic E-state index is -1.14. The van der Waals surface area contributed by atoms with E-state index < -0.39 is 59.3 Å². The number of carbonyl (C=O) groups excluding carboxylic acids is 7. The maximum Gasteiger partial charge on any atom is 0.407 e. The molecule has 20 nitrogen and oxygen atoms in total. The molecule has 5 N–H and O–H groups in total. The molecule has 20 heteroatoms. The van der Waals surface area contributed by atoms with Crippen LogP contribution in [0.1, 0.15) is 84.0 Å². The smallest absolute Gasteiger partial charge is 0.407 e. The molecule has 2 aliphatic heterocycles. The average molecular weight is 893 g/mol. The molecule has 5 atom stereocenters. The van der Waals surface area contributed by atoms with Crippen molar-refractivity contribution in [2.24, 2.45) is 28.7 Å². The van der Waals surface area contributed by atoms with Crippen molar-refractivity contribution in [3.05, 3.63) is 47.5 Å². The summed E-state index contributed by atoms with van der Waals surface area (Å²) in [4.78, 5) is 89.2. The highest BCUT2D eigenvalue weighted by Gasteiger charge is 2.48. The van der Waals surface area contributed by atoms with Gasteiger partial charge in [-0.15, -0.1) is 5.06 Å². The van der Waals surface area contributed by atoms with Gasteiger partial charge < -0.3 is 59.5 Å². The van der Waals surface area contributed by atoms with Gasteiger partial charge in [-0.05, 0) is 43.4 Å². The second-order valence-corrected chi connectivity index (χ2v) is 16.0. The molecule has 1 aromatic carbocycles. The number of hydrogen-bond donors (Lipinski definition) is 3. The van der Waals surface area contributed by atoms with Crippen LogP contribution in [0.2, 0.25) is 0 Å². The number of benzene rings is 1. The van der Waals surface area contributed by atoms with E-state index in [9.17, 15) is 33.6 Å². The number of hydrogen-bond acceptors (Lipinski definition) is 17. The second kappa shape index (κ2) is 27.3. The Morgan fingerprint density at radius 2 is 1.46 bits per heavy atom. The van der Waals surface area contributed by atoms with E-state index in [1.165, 1.54) is 12.2 Å². The first-order valence-corrected chi connectivity index (χ1v) is 21.1. The van der Waals surface area contributed by atoms with Crippen LogP contribution >= 0.6 is 0 Å². The van der Waals surface area contributed by atoms with Crippen LogP contribution in [-0.4, -0.2) is 131 Å². The number of carbonyl (C=O) groups is 7. The van der Waals surface area contributed by atoms with E-state index in [-0.39, 0.29) is 102 Å².